The largest absolute Gasteiger partial charge is 0.381 e. The molecule has 1 aliphatic heterocycles. The topological polar surface area (TPSA) is 24.5 Å². The van der Waals surface area contributed by atoms with Crippen LogP contribution in [0.1, 0.15) is 52.4 Å². The van der Waals surface area contributed by atoms with Crippen LogP contribution in [0.15, 0.2) is 0 Å². The van der Waals surface area contributed by atoms with Crippen molar-refractivity contribution >= 4 is 0 Å². The summed E-state index contributed by atoms with van der Waals surface area (Å²) in [6.45, 7) is 8.41. The van der Waals surface area contributed by atoms with Gasteiger partial charge in [-0.15, -0.1) is 0 Å². The fraction of sp³-hybridized carbons (Fsp3) is 1.00. The predicted octanol–water partition coefficient (Wildman–Crippen LogP) is 2.65. The third-order valence-electron chi connectivity index (χ3n) is 4.71. The molecule has 1 aliphatic carbocycles. The lowest BCUT2D eigenvalue weighted by Gasteiger charge is -2.38. The van der Waals surface area contributed by atoms with E-state index in [1.165, 1.54) is 58.2 Å². The number of rotatable bonds is 6. The first-order valence-electron chi connectivity index (χ1n) is 8.19. The molecule has 2 rings (SSSR count). The first kappa shape index (κ1) is 15.3. The Morgan fingerprint density at radius 3 is 2.42 bits per heavy atom. The molecule has 0 aromatic rings. The fourth-order valence-corrected chi connectivity index (χ4v) is 3.68. The van der Waals surface area contributed by atoms with Crippen molar-refractivity contribution in [2.24, 2.45) is 5.92 Å². The number of hydrogen-bond acceptors (Lipinski definition) is 3. The molecule has 0 radical (unpaired) electrons. The second-order valence-electron chi connectivity index (χ2n) is 6.81. The normalized spacial score (nSPS) is 32.4. The minimum Gasteiger partial charge on any atom is -0.381 e. The minimum absolute atomic E-state index is 0.516. The Morgan fingerprint density at radius 1 is 1.16 bits per heavy atom. The highest BCUT2D eigenvalue weighted by molar-refractivity contribution is 4.85. The van der Waals surface area contributed by atoms with Gasteiger partial charge in [0.1, 0.15) is 0 Å². The Labute approximate surface area is 119 Å². The Balaban J connectivity index is 1.85. The number of hydrogen-bond donors (Lipinski definition) is 1. The number of nitrogens with one attached hydrogen (secondary N) is 1. The lowest BCUT2D eigenvalue weighted by Crippen LogP contribution is -2.46. The summed E-state index contributed by atoms with van der Waals surface area (Å²) in [7, 11) is 1.86. The molecule has 1 saturated carbocycles. The van der Waals surface area contributed by atoms with Crippen LogP contribution in [0.5, 0.6) is 0 Å². The van der Waals surface area contributed by atoms with Gasteiger partial charge in [-0.1, -0.05) is 13.8 Å². The van der Waals surface area contributed by atoms with E-state index in [2.05, 4.69) is 24.1 Å². The molecule has 112 valence electrons. The van der Waals surface area contributed by atoms with E-state index in [9.17, 15) is 0 Å². The van der Waals surface area contributed by atoms with Gasteiger partial charge in [0.25, 0.3) is 0 Å². The van der Waals surface area contributed by atoms with Crippen LogP contribution in [0.3, 0.4) is 0 Å². The van der Waals surface area contributed by atoms with Crippen LogP contribution in [0.2, 0.25) is 0 Å². The second kappa shape index (κ2) is 7.61. The van der Waals surface area contributed by atoms with Crippen LogP contribution in [-0.2, 0) is 4.74 Å². The Kier molecular flexibility index (Phi) is 6.11. The SMILES string of the molecule is COC1CCC(N(CC(C)C)CC2CCCN2)CC1. The smallest absolute Gasteiger partial charge is 0.0572 e. The molecule has 1 atom stereocenters. The molecule has 1 N–H and O–H groups in total. The van der Waals surface area contributed by atoms with Gasteiger partial charge in [-0.05, 0) is 51.0 Å². The molecule has 2 fully saturated rings. The average Bonchev–Trinajstić information content (AvgIpc) is 2.90. The molecule has 3 nitrogen and oxygen atoms in total. The maximum absolute atomic E-state index is 5.50. The van der Waals surface area contributed by atoms with Gasteiger partial charge in [-0.2, -0.15) is 0 Å². The highest BCUT2D eigenvalue weighted by atomic mass is 16.5. The summed E-state index contributed by atoms with van der Waals surface area (Å²) in [4.78, 5) is 2.76. The summed E-state index contributed by atoms with van der Waals surface area (Å²) in [6.07, 6.45) is 8.36. The highest BCUT2D eigenvalue weighted by Crippen LogP contribution is 2.26. The molecule has 0 amide bonds. The van der Waals surface area contributed by atoms with Crippen LogP contribution in [0, 0.1) is 5.92 Å². The van der Waals surface area contributed by atoms with Gasteiger partial charge in [0.2, 0.25) is 0 Å². The molecule has 0 aromatic heterocycles. The van der Waals surface area contributed by atoms with Crippen LogP contribution in [0.25, 0.3) is 0 Å². The molecule has 2 aliphatic rings. The highest BCUT2D eigenvalue weighted by Gasteiger charge is 2.28. The summed E-state index contributed by atoms with van der Waals surface area (Å²) in [6, 6.07) is 1.52. The van der Waals surface area contributed by atoms with Gasteiger partial charge >= 0.3 is 0 Å². The molecule has 0 spiro atoms. The zero-order valence-electron chi connectivity index (χ0n) is 13.0. The molecule has 3 heteroatoms. The minimum atomic E-state index is 0.516. The van der Waals surface area contributed by atoms with Gasteiger partial charge in [0.15, 0.2) is 0 Å². The lowest BCUT2D eigenvalue weighted by atomic mass is 9.91. The first-order chi connectivity index (χ1) is 9.19. The first-order valence-corrected chi connectivity index (χ1v) is 8.19. The van der Waals surface area contributed by atoms with E-state index in [1.54, 1.807) is 0 Å². The summed E-state index contributed by atoms with van der Waals surface area (Å²) >= 11 is 0. The zero-order chi connectivity index (χ0) is 13.7. The van der Waals surface area contributed by atoms with Gasteiger partial charge in [-0.25, -0.2) is 0 Å². The van der Waals surface area contributed by atoms with E-state index < -0.39 is 0 Å². The summed E-state index contributed by atoms with van der Waals surface area (Å²) in [5.41, 5.74) is 0. The molecule has 0 aromatic carbocycles. The van der Waals surface area contributed by atoms with Crippen molar-refractivity contribution in [2.45, 2.75) is 70.6 Å². The van der Waals surface area contributed by atoms with Gasteiger partial charge in [0.05, 0.1) is 6.10 Å². The molecule has 0 bridgehead atoms. The van der Waals surface area contributed by atoms with Crippen molar-refractivity contribution in [3.05, 3.63) is 0 Å². The van der Waals surface area contributed by atoms with Crippen LogP contribution < -0.4 is 5.32 Å². The van der Waals surface area contributed by atoms with E-state index in [0.717, 1.165) is 18.0 Å². The Hall–Kier alpha value is -0.120. The van der Waals surface area contributed by atoms with E-state index in [1.807, 2.05) is 7.11 Å². The number of ether oxygens (including phenoxy) is 1. The van der Waals surface area contributed by atoms with Crippen molar-refractivity contribution in [1.82, 2.24) is 10.2 Å². The van der Waals surface area contributed by atoms with Gasteiger partial charge in [0, 0.05) is 32.3 Å². The molecule has 1 saturated heterocycles. The molecular formula is C16H32N2O. The monoisotopic (exact) mass is 268 g/mol. The molecule has 19 heavy (non-hydrogen) atoms. The van der Waals surface area contributed by atoms with Crippen molar-refractivity contribution < 1.29 is 4.74 Å². The quantitative estimate of drug-likeness (QED) is 0.801. The Morgan fingerprint density at radius 2 is 1.89 bits per heavy atom. The standard InChI is InChI=1S/C16H32N2O/c1-13(2)11-18(12-14-5-4-10-17-14)15-6-8-16(19-3)9-7-15/h13-17H,4-12H2,1-3H3. The molecule has 1 unspecified atom stereocenters. The van der Waals surface area contributed by atoms with Gasteiger partial charge in [-0.3, -0.25) is 4.90 Å². The van der Waals surface area contributed by atoms with Crippen molar-refractivity contribution in [2.75, 3.05) is 26.7 Å². The van der Waals surface area contributed by atoms with E-state index in [0.29, 0.717) is 6.10 Å². The van der Waals surface area contributed by atoms with Crippen LogP contribution >= 0.6 is 0 Å². The van der Waals surface area contributed by atoms with Gasteiger partial charge < -0.3 is 10.1 Å². The third kappa shape index (κ3) is 4.73. The number of nitrogens with zero attached hydrogens (tertiary/aromatic N) is 1. The van der Waals surface area contributed by atoms with Crippen molar-refractivity contribution in [1.29, 1.82) is 0 Å². The van der Waals surface area contributed by atoms with Crippen molar-refractivity contribution in [3.63, 3.8) is 0 Å². The molecule has 1 heterocycles. The fourth-order valence-electron chi connectivity index (χ4n) is 3.68. The summed E-state index contributed by atoms with van der Waals surface area (Å²) in [5.74, 6) is 0.765. The maximum Gasteiger partial charge on any atom is 0.0572 e. The second-order valence-corrected chi connectivity index (χ2v) is 6.81. The zero-order valence-corrected chi connectivity index (χ0v) is 13.0. The van der Waals surface area contributed by atoms with Crippen LogP contribution in [-0.4, -0.2) is 49.8 Å². The van der Waals surface area contributed by atoms with Crippen molar-refractivity contribution in [3.8, 4) is 0 Å². The third-order valence-corrected chi connectivity index (χ3v) is 4.71. The maximum atomic E-state index is 5.50. The average molecular weight is 268 g/mol. The van der Waals surface area contributed by atoms with E-state index in [-0.39, 0.29) is 0 Å². The van der Waals surface area contributed by atoms with E-state index in [4.69, 9.17) is 4.74 Å². The van der Waals surface area contributed by atoms with E-state index >= 15 is 0 Å². The summed E-state index contributed by atoms with van der Waals surface area (Å²) < 4.78 is 5.50. The Bertz CT molecular complexity index is 243. The number of methoxy groups -OCH3 is 1. The summed E-state index contributed by atoms with van der Waals surface area (Å²) in [5, 5.41) is 3.65. The molecular weight excluding hydrogens is 236 g/mol. The lowest BCUT2D eigenvalue weighted by molar-refractivity contribution is 0.0335. The predicted molar refractivity (Wildman–Crippen MR) is 80.5 cm³/mol. The van der Waals surface area contributed by atoms with Crippen LogP contribution in [0.4, 0.5) is 0 Å².